The van der Waals surface area contributed by atoms with Crippen LogP contribution in [0.2, 0.25) is 0 Å². The molecule has 5 nitrogen and oxygen atoms in total. The Morgan fingerprint density at radius 1 is 1.35 bits per heavy atom. The fraction of sp³-hybridized carbons (Fsp3) is 1.00. The molecule has 0 saturated carbocycles. The number of methoxy groups -OCH3 is 1. The van der Waals surface area contributed by atoms with Crippen molar-refractivity contribution >= 4 is 11.8 Å². The number of hydrogen-bond acceptors (Lipinski definition) is 6. The SMILES string of the molecule is CO[C@@H]1C(CSCCCCO)O[C@@H]2CCCOC2C1O. The lowest BCUT2D eigenvalue weighted by molar-refractivity contribution is -0.249. The minimum absolute atomic E-state index is 0.00630. The summed E-state index contributed by atoms with van der Waals surface area (Å²) in [5, 5.41) is 19.2. The van der Waals surface area contributed by atoms with Crippen LogP contribution in [0.4, 0.5) is 0 Å². The van der Waals surface area contributed by atoms with E-state index in [0.29, 0.717) is 6.61 Å². The van der Waals surface area contributed by atoms with Crippen molar-refractivity contribution < 1.29 is 24.4 Å². The molecule has 0 aromatic rings. The molecule has 2 saturated heterocycles. The maximum atomic E-state index is 10.4. The van der Waals surface area contributed by atoms with Gasteiger partial charge in [-0.25, -0.2) is 0 Å². The minimum Gasteiger partial charge on any atom is -0.396 e. The number of hydrogen-bond donors (Lipinski definition) is 2. The number of fused-ring (bicyclic) bond motifs is 1. The Balaban J connectivity index is 1.83. The zero-order valence-corrected chi connectivity index (χ0v) is 12.9. The number of thioether (sulfide) groups is 1. The van der Waals surface area contributed by atoms with Crippen molar-refractivity contribution in [2.75, 3.05) is 31.8 Å². The van der Waals surface area contributed by atoms with E-state index in [1.54, 1.807) is 18.9 Å². The van der Waals surface area contributed by atoms with Crippen LogP contribution in [0.15, 0.2) is 0 Å². The van der Waals surface area contributed by atoms with Crippen LogP contribution >= 0.6 is 11.8 Å². The number of aliphatic hydroxyl groups is 2. The molecule has 2 aliphatic heterocycles. The lowest BCUT2D eigenvalue weighted by Crippen LogP contribution is -2.60. The molecule has 0 spiro atoms. The van der Waals surface area contributed by atoms with Crippen LogP contribution in [-0.4, -0.2) is 72.6 Å². The standard InChI is InChI=1S/C14H26O5S/c1-17-13-11(9-20-8-3-2-6-15)19-10-5-4-7-18-14(10)12(13)16/h10-16H,2-9H2,1H3/t10-,11?,12?,13-,14?/m1/s1. The predicted molar refractivity (Wildman–Crippen MR) is 78.1 cm³/mol. The molecule has 20 heavy (non-hydrogen) atoms. The molecule has 118 valence electrons. The molecule has 0 bridgehead atoms. The zero-order chi connectivity index (χ0) is 14.4. The molecule has 2 heterocycles. The van der Waals surface area contributed by atoms with E-state index in [1.807, 2.05) is 0 Å². The largest absolute Gasteiger partial charge is 0.396 e. The Kier molecular flexibility index (Phi) is 7.07. The normalized spacial score (nSPS) is 37.6. The molecule has 2 rings (SSSR count). The van der Waals surface area contributed by atoms with Gasteiger partial charge in [0, 0.05) is 26.1 Å². The van der Waals surface area contributed by atoms with Gasteiger partial charge in [-0.2, -0.15) is 11.8 Å². The second-order valence-corrected chi connectivity index (χ2v) is 6.54. The number of ether oxygens (including phenoxy) is 3. The topological polar surface area (TPSA) is 68.2 Å². The molecule has 3 unspecified atom stereocenters. The van der Waals surface area contributed by atoms with E-state index >= 15 is 0 Å². The van der Waals surface area contributed by atoms with Crippen molar-refractivity contribution in [1.82, 2.24) is 0 Å². The fourth-order valence-corrected chi connectivity index (χ4v) is 3.96. The van der Waals surface area contributed by atoms with E-state index in [9.17, 15) is 5.11 Å². The fourth-order valence-electron chi connectivity index (χ4n) is 2.89. The van der Waals surface area contributed by atoms with Gasteiger partial charge in [0.25, 0.3) is 0 Å². The molecular weight excluding hydrogens is 280 g/mol. The van der Waals surface area contributed by atoms with Gasteiger partial charge in [0.05, 0.1) is 12.2 Å². The van der Waals surface area contributed by atoms with E-state index in [4.69, 9.17) is 19.3 Å². The summed E-state index contributed by atoms with van der Waals surface area (Å²) in [6, 6.07) is 0. The Morgan fingerprint density at radius 2 is 2.20 bits per heavy atom. The summed E-state index contributed by atoms with van der Waals surface area (Å²) in [6.45, 7) is 0.944. The average Bonchev–Trinajstić information content (AvgIpc) is 2.47. The van der Waals surface area contributed by atoms with Crippen LogP contribution in [0.3, 0.4) is 0 Å². The Hall–Kier alpha value is 0.150. The van der Waals surface area contributed by atoms with Crippen LogP contribution in [0, 0.1) is 0 Å². The molecule has 0 aromatic carbocycles. The molecule has 2 aliphatic rings. The third-order valence-corrected chi connectivity index (χ3v) is 5.09. The summed E-state index contributed by atoms with van der Waals surface area (Å²) >= 11 is 1.79. The van der Waals surface area contributed by atoms with Crippen molar-refractivity contribution in [3.8, 4) is 0 Å². The van der Waals surface area contributed by atoms with Crippen molar-refractivity contribution in [3.63, 3.8) is 0 Å². The van der Waals surface area contributed by atoms with Gasteiger partial charge in [0.2, 0.25) is 0 Å². The summed E-state index contributed by atoms with van der Waals surface area (Å²) in [6.07, 6.45) is 2.51. The zero-order valence-electron chi connectivity index (χ0n) is 12.1. The third kappa shape index (κ3) is 4.08. The lowest BCUT2D eigenvalue weighted by Gasteiger charge is -2.46. The first-order valence-electron chi connectivity index (χ1n) is 7.44. The predicted octanol–water partition coefficient (Wildman–Crippen LogP) is 0.814. The van der Waals surface area contributed by atoms with E-state index in [-0.39, 0.29) is 31.0 Å². The molecule has 0 aromatic heterocycles. The molecule has 6 heteroatoms. The first kappa shape index (κ1) is 16.5. The lowest BCUT2D eigenvalue weighted by atomic mass is 9.91. The van der Waals surface area contributed by atoms with Gasteiger partial charge in [0.15, 0.2) is 0 Å². The maximum absolute atomic E-state index is 10.4. The molecule has 0 radical (unpaired) electrons. The smallest absolute Gasteiger partial charge is 0.113 e. The van der Waals surface area contributed by atoms with Crippen molar-refractivity contribution in [3.05, 3.63) is 0 Å². The summed E-state index contributed by atoms with van der Waals surface area (Å²) in [4.78, 5) is 0. The quantitative estimate of drug-likeness (QED) is 0.679. The number of rotatable bonds is 7. The van der Waals surface area contributed by atoms with Gasteiger partial charge in [-0.3, -0.25) is 0 Å². The van der Waals surface area contributed by atoms with Crippen LogP contribution in [0.5, 0.6) is 0 Å². The van der Waals surface area contributed by atoms with Gasteiger partial charge in [-0.05, 0) is 31.4 Å². The number of unbranched alkanes of at least 4 members (excludes halogenated alkanes) is 1. The monoisotopic (exact) mass is 306 g/mol. The van der Waals surface area contributed by atoms with E-state index < -0.39 is 6.10 Å². The minimum atomic E-state index is -0.609. The van der Waals surface area contributed by atoms with E-state index in [0.717, 1.165) is 37.2 Å². The summed E-state index contributed by atoms with van der Waals surface area (Å²) in [5.41, 5.74) is 0. The van der Waals surface area contributed by atoms with Gasteiger partial charge < -0.3 is 24.4 Å². The first-order valence-corrected chi connectivity index (χ1v) is 8.60. The molecule has 2 fully saturated rings. The van der Waals surface area contributed by atoms with E-state index in [2.05, 4.69) is 0 Å². The molecule has 2 N–H and O–H groups in total. The van der Waals surface area contributed by atoms with Gasteiger partial charge in [0.1, 0.15) is 18.3 Å². The van der Waals surface area contributed by atoms with Crippen LogP contribution in [0.1, 0.15) is 25.7 Å². The van der Waals surface area contributed by atoms with Crippen molar-refractivity contribution in [2.24, 2.45) is 0 Å². The van der Waals surface area contributed by atoms with Crippen LogP contribution in [-0.2, 0) is 14.2 Å². The molecular formula is C14H26O5S. The van der Waals surface area contributed by atoms with Crippen molar-refractivity contribution in [1.29, 1.82) is 0 Å². The molecule has 0 amide bonds. The van der Waals surface area contributed by atoms with Gasteiger partial charge in [-0.15, -0.1) is 0 Å². The summed E-state index contributed by atoms with van der Waals surface area (Å²) in [5.74, 6) is 1.81. The highest BCUT2D eigenvalue weighted by Gasteiger charge is 2.46. The van der Waals surface area contributed by atoms with Gasteiger partial charge in [-0.1, -0.05) is 0 Å². The van der Waals surface area contributed by atoms with E-state index in [1.165, 1.54) is 0 Å². The third-order valence-electron chi connectivity index (χ3n) is 3.95. The van der Waals surface area contributed by atoms with Crippen molar-refractivity contribution in [2.45, 2.75) is 56.2 Å². The summed E-state index contributed by atoms with van der Waals surface area (Å²) < 4.78 is 17.2. The highest BCUT2D eigenvalue weighted by atomic mass is 32.2. The molecule has 0 aliphatic carbocycles. The Morgan fingerprint density at radius 3 is 2.95 bits per heavy atom. The second kappa shape index (κ2) is 8.56. The molecule has 5 atom stereocenters. The first-order chi connectivity index (χ1) is 9.77. The maximum Gasteiger partial charge on any atom is 0.113 e. The highest BCUT2D eigenvalue weighted by molar-refractivity contribution is 7.99. The second-order valence-electron chi connectivity index (χ2n) is 5.39. The van der Waals surface area contributed by atoms with Crippen LogP contribution in [0.25, 0.3) is 0 Å². The Labute approximate surface area is 125 Å². The van der Waals surface area contributed by atoms with Gasteiger partial charge >= 0.3 is 0 Å². The number of aliphatic hydroxyl groups excluding tert-OH is 2. The summed E-state index contributed by atoms with van der Waals surface area (Å²) in [7, 11) is 1.61. The Bertz CT molecular complexity index is 278. The average molecular weight is 306 g/mol. The van der Waals surface area contributed by atoms with Crippen LogP contribution < -0.4 is 0 Å². The highest BCUT2D eigenvalue weighted by Crippen LogP contribution is 2.32.